The van der Waals surface area contributed by atoms with Crippen molar-refractivity contribution in [1.29, 1.82) is 0 Å². The molecule has 2 amide bonds. The average Bonchev–Trinajstić information content (AvgIpc) is 2.95. The van der Waals surface area contributed by atoms with E-state index in [0.717, 1.165) is 5.56 Å². The first kappa shape index (κ1) is 15.2. The van der Waals surface area contributed by atoms with Crippen molar-refractivity contribution in [3.05, 3.63) is 40.2 Å². The number of nitrogens with one attached hydrogen (secondary N) is 2. The molecule has 0 atom stereocenters. The van der Waals surface area contributed by atoms with Gasteiger partial charge in [0.15, 0.2) is 0 Å². The molecule has 0 aliphatic rings. The SMILES string of the molecule is Cc1cc(NC(=O)C(C)C)ncc1NC(=O)c1ccsc1. The number of hydrogen-bond donors (Lipinski definition) is 2. The monoisotopic (exact) mass is 303 g/mol. The van der Waals surface area contributed by atoms with Gasteiger partial charge in [-0.05, 0) is 30.0 Å². The second-order valence-corrected chi connectivity index (χ2v) is 5.77. The number of amides is 2. The summed E-state index contributed by atoms with van der Waals surface area (Å²) in [5.41, 5.74) is 2.10. The summed E-state index contributed by atoms with van der Waals surface area (Å²) >= 11 is 1.47. The summed E-state index contributed by atoms with van der Waals surface area (Å²) in [6.07, 6.45) is 1.55. The molecule has 0 radical (unpaired) electrons. The Balaban J connectivity index is 2.09. The zero-order chi connectivity index (χ0) is 15.4. The molecule has 2 aromatic heterocycles. The zero-order valence-electron chi connectivity index (χ0n) is 12.1. The maximum absolute atomic E-state index is 12.0. The van der Waals surface area contributed by atoms with Crippen molar-refractivity contribution < 1.29 is 9.59 Å². The van der Waals surface area contributed by atoms with Gasteiger partial charge in [-0.3, -0.25) is 9.59 Å². The summed E-state index contributed by atoms with van der Waals surface area (Å²) in [4.78, 5) is 27.8. The third-order valence-electron chi connectivity index (χ3n) is 2.92. The van der Waals surface area contributed by atoms with E-state index in [0.29, 0.717) is 17.1 Å². The Morgan fingerprint density at radius 1 is 1.29 bits per heavy atom. The fraction of sp³-hybridized carbons (Fsp3) is 0.267. The fourth-order valence-electron chi connectivity index (χ4n) is 1.61. The highest BCUT2D eigenvalue weighted by Crippen LogP contribution is 2.18. The molecule has 0 aromatic carbocycles. The molecule has 0 fully saturated rings. The third-order valence-corrected chi connectivity index (χ3v) is 3.60. The summed E-state index contributed by atoms with van der Waals surface area (Å²) in [5, 5.41) is 9.18. The van der Waals surface area contributed by atoms with E-state index in [1.165, 1.54) is 11.3 Å². The molecule has 0 spiro atoms. The number of rotatable bonds is 4. The molecule has 0 aliphatic carbocycles. The van der Waals surface area contributed by atoms with Gasteiger partial charge in [-0.25, -0.2) is 4.98 Å². The van der Waals surface area contributed by atoms with Crippen LogP contribution in [-0.2, 0) is 4.79 Å². The van der Waals surface area contributed by atoms with Gasteiger partial charge in [0.2, 0.25) is 5.91 Å². The number of thiophene rings is 1. The number of carbonyl (C=O) groups excluding carboxylic acids is 2. The van der Waals surface area contributed by atoms with E-state index in [4.69, 9.17) is 0 Å². The smallest absolute Gasteiger partial charge is 0.256 e. The minimum absolute atomic E-state index is 0.0861. The first-order valence-electron chi connectivity index (χ1n) is 6.58. The molecule has 5 nitrogen and oxygen atoms in total. The highest BCUT2D eigenvalue weighted by Gasteiger charge is 2.11. The van der Waals surface area contributed by atoms with Gasteiger partial charge in [0.05, 0.1) is 17.4 Å². The molecule has 0 saturated carbocycles. The van der Waals surface area contributed by atoms with E-state index < -0.39 is 0 Å². The predicted octanol–water partition coefficient (Wildman–Crippen LogP) is 3.30. The van der Waals surface area contributed by atoms with Crippen molar-refractivity contribution in [3.63, 3.8) is 0 Å². The van der Waals surface area contributed by atoms with Crippen LogP contribution in [0.15, 0.2) is 29.1 Å². The highest BCUT2D eigenvalue weighted by molar-refractivity contribution is 7.08. The van der Waals surface area contributed by atoms with Crippen LogP contribution in [0.1, 0.15) is 29.8 Å². The van der Waals surface area contributed by atoms with Crippen molar-refractivity contribution in [3.8, 4) is 0 Å². The first-order chi connectivity index (χ1) is 9.97. The van der Waals surface area contributed by atoms with Gasteiger partial charge in [-0.1, -0.05) is 13.8 Å². The molecular formula is C15H17N3O2S. The number of pyridine rings is 1. The molecule has 0 aliphatic heterocycles. The van der Waals surface area contributed by atoms with Gasteiger partial charge in [-0.2, -0.15) is 11.3 Å². The lowest BCUT2D eigenvalue weighted by atomic mass is 10.2. The molecule has 21 heavy (non-hydrogen) atoms. The summed E-state index contributed by atoms with van der Waals surface area (Å²) in [6, 6.07) is 3.50. The van der Waals surface area contributed by atoms with Gasteiger partial charge in [-0.15, -0.1) is 0 Å². The molecule has 0 saturated heterocycles. The fourth-order valence-corrected chi connectivity index (χ4v) is 2.25. The lowest BCUT2D eigenvalue weighted by molar-refractivity contribution is -0.118. The topological polar surface area (TPSA) is 71.1 Å². The number of aromatic nitrogens is 1. The predicted molar refractivity (Wildman–Crippen MR) is 84.7 cm³/mol. The van der Waals surface area contributed by atoms with Crippen molar-refractivity contribution in [2.24, 2.45) is 5.92 Å². The Hall–Kier alpha value is -2.21. The number of aryl methyl sites for hydroxylation is 1. The zero-order valence-corrected chi connectivity index (χ0v) is 13.0. The normalized spacial score (nSPS) is 10.5. The van der Waals surface area contributed by atoms with Gasteiger partial charge in [0.1, 0.15) is 5.82 Å². The molecule has 2 aromatic rings. The van der Waals surface area contributed by atoms with E-state index in [1.54, 1.807) is 23.7 Å². The van der Waals surface area contributed by atoms with Crippen LogP contribution >= 0.6 is 11.3 Å². The van der Waals surface area contributed by atoms with Crippen LogP contribution in [0.2, 0.25) is 0 Å². The summed E-state index contributed by atoms with van der Waals surface area (Å²) in [7, 11) is 0. The van der Waals surface area contributed by atoms with E-state index in [9.17, 15) is 9.59 Å². The van der Waals surface area contributed by atoms with Crippen LogP contribution in [0.3, 0.4) is 0 Å². The third kappa shape index (κ3) is 3.88. The highest BCUT2D eigenvalue weighted by atomic mass is 32.1. The van der Waals surface area contributed by atoms with Crippen LogP contribution < -0.4 is 10.6 Å². The number of anilines is 2. The van der Waals surface area contributed by atoms with Crippen LogP contribution in [0, 0.1) is 12.8 Å². The molecule has 2 N–H and O–H groups in total. The van der Waals surface area contributed by atoms with Gasteiger partial charge in [0.25, 0.3) is 5.91 Å². The molecule has 6 heteroatoms. The maximum Gasteiger partial charge on any atom is 0.256 e. The Labute approximate surface area is 127 Å². The maximum atomic E-state index is 12.0. The van der Waals surface area contributed by atoms with E-state index in [1.807, 2.05) is 26.2 Å². The van der Waals surface area contributed by atoms with Crippen LogP contribution in [-0.4, -0.2) is 16.8 Å². The number of carbonyl (C=O) groups is 2. The molecular weight excluding hydrogens is 286 g/mol. The van der Waals surface area contributed by atoms with Crippen LogP contribution in [0.25, 0.3) is 0 Å². The van der Waals surface area contributed by atoms with Crippen LogP contribution in [0.4, 0.5) is 11.5 Å². The lowest BCUT2D eigenvalue weighted by Gasteiger charge is -2.11. The van der Waals surface area contributed by atoms with Crippen molar-refractivity contribution in [1.82, 2.24) is 4.98 Å². The largest absolute Gasteiger partial charge is 0.320 e. The minimum atomic E-state index is -0.167. The first-order valence-corrected chi connectivity index (χ1v) is 7.52. The minimum Gasteiger partial charge on any atom is -0.320 e. The molecule has 2 rings (SSSR count). The van der Waals surface area contributed by atoms with E-state index in [2.05, 4.69) is 15.6 Å². The van der Waals surface area contributed by atoms with E-state index in [-0.39, 0.29) is 17.7 Å². The molecule has 2 heterocycles. The Morgan fingerprint density at radius 3 is 2.62 bits per heavy atom. The summed E-state index contributed by atoms with van der Waals surface area (Å²) < 4.78 is 0. The molecule has 0 bridgehead atoms. The lowest BCUT2D eigenvalue weighted by Crippen LogP contribution is -2.19. The van der Waals surface area contributed by atoms with Crippen LogP contribution in [0.5, 0.6) is 0 Å². The number of hydrogen-bond acceptors (Lipinski definition) is 4. The second kappa shape index (κ2) is 6.49. The van der Waals surface area contributed by atoms with Crippen molar-refractivity contribution >= 4 is 34.7 Å². The Kier molecular flexibility index (Phi) is 4.70. The second-order valence-electron chi connectivity index (χ2n) is 4.99. The Bertz CT molecular complexity index is 651. The van der Waals surface area contributed by atoms with Gasteiger partial charge < -0.3 is 10.6 Å². The average molecular weight is 303 g/mol. The molecule has 0 unspecified atom stereocenters. The quantitative estimate of drug-likeness (QED) is 0.910. The Morgan fingerprint density at radius 2 is 2.05 bits per heavy atom. The van der Waals surface area contributed by atoms with Crippen molar-refractivity contribution in [2.75, 3.05) is 10.6 Å². The van der Waals surface area contributed by atoms with Gasteiger partial charge >= 0.3 is 0 Å². The van der Waals surface area contributed by atoms with Crippen molar-refractivity contribution in [2.45, 2.75) is 20.8 Å². The standard InChI is InChI=1S/C15H17N3O2S/c1-9(2)14(19)18-13-6-10(3)12(7-16-13)17-15(20)11-4-5-21-8-11/h4-9H,1-3H3,(H,17,20)(H,16,18,19). The summed E-state index contributed by atoms with van der Waals surface area (Å²) in [6.45, 7) is 5.49. The molecule has 110 valence electrons. The summed E-state index contributed by atoms with van der Waals surface area (Å²) in [5.74, 6) is 0.127. The van der Waals surface area contributed by atoms with Gasteiger partial charge in [0, 0.05) is 11.3 Å². The number of nitrogens with zero attached hydrogens (tertiary/aromatic N) is 1. The van der Waals surface area contributed by atoms with E-state index >= 15 is 0 Å².